The Hall–Kier alpha value is -1.62. The van der Waals surface area contributed by atoms with E-state index < -0.39 is 5.41 Å². The van der Waals surface area contributed by atoms with Crippen LogP contribution in [0.4, 0.5) is 11.4 Å². The molecule has 0 unspecified atom stereocenters. The van der Waals surface area contributed by atoms with Gasteiger partial charge < -0.3 is 16.0 Å². The van der Waals surface area contributed by atoms with E-state index in [1.54, 1.807) is 0 Å². The highest BCUT2D eigenvalue weighted by Gasteiger charge is 2.43. The predicted octanol–water partition coefficient (Wildman–Crippen LogP) is 2.85. The lowest BCUT2D eigenvalue weighted by molar-refractivity contribution is -0.122. The molecule has 0 atom stereocenters. The van der Waals surface area contributed by atoms with Gasteiger partial charge in [-0.2, -0.15) is 0 Å². The van der Waals surface area contributed by atoms with E-state index in [0.717, 1.165) is 37.1 Å². The van der Waals surface area contributed by atoms with E-state index in [0.29, 0.717) is 4.99 Å². The molecule has 1 fully saturated rings. The van der Waals surface area contributed by atoms with Gasteiger partial charge in [0.25, 0.3) is 0 Å². The lowest BCUT2D eigenvalue weighted by Gasteiger charge is -2.26. The van der Waals surface area contributed by atoms with Gasteiger partial charge in [-0.1, -0.05) is 31.1 Å². The van der Waals surface area contributed by atoms with E-state index in [1.165, 1.54) is 5.56 Å². The first-order valence-corrected chi connectivity index (χ1v) is 7.67. The van der Waals surface area contributed by atoms with E-state index in [2.05, 4.69) is 12.2 Å². The minimum Gasteiger partial charge on any atom is -0.392 e. The normalized spacial score (nSPS) is 16.5. The van der Waals surface area contributed by atoms with E-state index in [1.807, 2.05) is 37.2 Å². The number of amides is 1. The van der Waals surface area contributed by atoms with Crippen LogP contribution in [0.2, 0.25) is 0 Å². The molecule has 1 aromatic carbocycles. The summed E-state index contributed by atoms with van der Waals surface area (Å²) < 4.78 is 0. The number of thiocarbonyl (C=S) groups is 1. The minimum absolute atomic E-state index is 0.0685. The highest BCUT2D eigenvalue weighted by Crippen LogP contribution is 2.39. The molecule has 114 valence electrons. The summed E-state index contributed by atoms with van der Waals surface area (Å²) in [6.07, 6.45) is 3.50. The molecule has 0 saturated heterocycles. The third-order valence-corrected chi connectivity index (χ3v) is 4.70. The van der Waals surface area contributed by atoms with Crippen molar-refractivity contribution in [3.05, 3.63) is 23.8 Å². The molecule has 1 aromatic rings. The zero-order valence-electron chi connectivity index (χ0n) is 12.9. The van der Waals surface area contributed by atoms with Crippen LogP contribution in [0.3, 0.4) is 0 Å². The average Bonchev–Trinajstić information content (AvgIpc) is 2.91. The number of nitrogens with zero attached hydrogens (tertiary/aromatic N) is 1. The van der Waals surface area contributed by atoms with Crippen LogP contribution in [0, 0.1) is 12.3 Å². The van der Waals surface area contributed by atoms with Gasteiger partial charge in [0.05, 0.1) is 10.4 Å². The van der Waals surface area contributed by atoms with E-state index >= 15 is 0 Å². The number of hydrogen-bond acceptors (Lipinski definition) is 3. The number of carbonyl (C=O) groups excluding carboxylic acids is 1. The summed E-state index contributed by atoms with van der Waals surface area (Å²) in [5, 5.41) is 3.00. The molecule has 0 radical (unpaired) electrons. The maximum absolute atomic E-state index is 12.7. The van der Waals surface area contributed by atoms with Crippen LogP contribution >= 0.6 is 12.2 Å². The highest BCUT2D eigenvalue weighted by molar-refractivity contribution is 7.80. The van der Waals surface area contributed by atoms with Crippen molar-refractivity contribution in [1.82, 2.24) is 0 Å². The molecule has 21 heavy (non-hydrogen) atoms. The molecule has 1 aliphatic rings. The predicted molar refractivity (Wildman–Crippen MR) is 91.8 cm³/mol. The Bertz CT molecular complexity index is 563. The quantitative estimate of drug-likeness (QED) is 0.840. The van der Waals surface area contributed by atoms with Crippen LogP contribution in [-0.2, 0) is 4.79 Å². The van der Waals surface area contributed by atoms with Gasteiger partial charge in [-0.05, 0) is 37.5 Å². The SMILES string of the molecule is Cc1ccc(NC(=O)C2(C(N)=S)CCCC2)cc1N(C)C. The zero-order chi connectivity index (χ0) is 15.6. The smallest absolute Gasteiger partial charge is 0.237 e. The fraction of sp³-hybridized carbons (Fsp3) is 0.500. The van der Waals surface area contributed by atoms with Crippen molar-refractivity contribution in [3.63, 3.8) is 0 Å². The van der Waals surface area contributed by atoms with Crippen LogP contribution in [0.1, 0.15) is 31.2 Å². The highest BCUT2D eigenvalue weighted by atomic mass is 32.1. The summed E-state index contributed by atoms with van der Waals surface area (Å²) in [5.41, 5.74) is 8.23. The molecule has 0 spiro atoms. The fourth-order valence-electron chi connectivity index (χ4n) is 2.98. The van der Waals surface area contributed by atoms with Gasteiger partial charge in [-0.25, -0.2) is 0 Å². The second kappa shape index (κ2) is 6.02. The van der Waals surface area contributed by atoms with Gasteiger partial charge in [0, 0.05) is 25.5 Å². The number of anilines is 2. The first kappa shape index (κ1) is 15.8. The maximum atomic E-state index is 12.7. The van der Waals surface area contributed by atoms with Crippen molar-refractivity contribution >= 4 is 34.5 Å². The lowest BCUT2D eigenvalue weighted by Crippen LogP contribution is -2.43. The Labute approximate surface area is 131 Å². The van der Waals surface area contributed by atoms with Crippen LogP contribution < -0.4 is 16.0 Å². The molecule has 4 nitrogen and oxygen atoms in total. The summed E-state index contributed by atoms with van der Waals surface area (Å²) in [7, 11) is 3.98. The molecule has 1 saturated carbocycles. The van der Waals surface area contributed by atoms with Crippen molar-refractivity contribution in [1.29, 1.82) is 0 Å². The summed E-state index contributed by atoms with van der Waals surface area (Å²) >= 11 is 5.16. The summed E-state index contributed by atoms with van der Waals surface area (Å²) in [4.78, 5) is 15.0. The molecule has 0 heterocycles. The van der Waals surface area contributed by atoms with Crippen molar-refractivity contribution in [2.24, 2.45) is 11.1 Å². The zero-order valence-corrected chi connectivity index (χ0v) is 13.7. The largest absolute Gasteiger partial charge is 0.392 e. The van der Waals surface area contributed by atoms with E-state index in [-0.39, 0.29) is 5.91 Å². The summed E-state index contributed by atoms with van der Waals surface area (Å²) in [6.45, 7) is 2.05. The standard InChI is InChI=1S/C16H23N3OS/c1-11-6-7-12(10-13(11)19(2)3)18-15(20)16(14(17)21)8-4-5-9-16/h6-7,10H,4-5,8-9H2,1-3H3,(H2,17,21)(H,18,20). The minimum atomic E-state index is -0.668. The number of aryl methyl sites for hydroxylation is 1. The molecule has 0 bridgehead atoms. The van der Waals surface area contributed by atoms with Crippen molar-refractivity contribution < 1.29 is 4.79 Å². The van der Waals surface area contributed by atoms with E-state index in [9.17, 15) is 4.79 Å². The second-order valence-corrected chi connectivity index (χ2v) is 6.44. The molecule has 5 heteroatoms. The molecule has 3 N–H and O–H groups in total. The number of nitrogens with two attached hydrogens (primary N) is 1. The van der Waals surface area contributed by atoms with Gasteiger partial charge >= 0.3 is 0 Å². The Morgan fingerprint density at radius 3 is 2.48 bits per heavy atom. The topological polar surface area (TPSA) is 58.4 Å². The Morgan fingerprint density at radius 2 is 1.95 bits per heavy atom. The Kier molecular flexibility index (Phi) is 4.52. The van der Waals surface area contributed by atoms with Crippen LogP contribution in [0.25, 0.3) is 0 Å². The fourth-order valence-corrected chi connectivity index (χ4v) is 3.28. The third kappa shape index (κ3) is 3.02. The molecule has 1 amide bonds. The number of carbonyl (C=O) groups is 1. The second-order valence-electron chi connectivity index (χ2n) is 6.00. The first-order chi connectivity index (χ1) is 9.86. The first-order valence-electron chi connectivity index (χ1n) is 7.26. The van der Waals surface area contributed by atoms with Gasteiger partial charge in [-0.3, -0.25) is 4.79 Å². The van der Waals surface area contributed by atoms with Gasteiger partial charge in [0.1, 0.15) is 0 Å². The molecular formula is C16H23N3OS. The van der Waals surface area contributed by atoms with Crippen LogP contribution in [0.5, 0.6) is 0 Å². The van der Waals surface area contributed by atoms with Gasteiger partial charge in [-0.15, -0.1) is 0 Å². The van der Waals surface area contributed by atoms with Gasteiger partial charge in [0.2, 0.25) is 5.91 Å². The van der Waals surface area contributed by atoms with Gasteiger partial charge in [0.15, 0.2) is 0 Å². The monoisotopic (exact) mass is 305 g/mol. The molecule has 0 aliphatic heterocycles. The summed E-state index contributed by atoms with van der Waals surface area (Å²) in [5.74, 6) is -0.0685. The Morgan fingerprint density at radius 1 is 1.33 bits per heavy atom. The average molecular weight is 305 g/mol. The van der Waals surface area contributed by atoms with Crippen LogP contribution in [0.15, 0.2) is 18.2 Å². The van der Waals surface area contributed by atoms with Crippen LogP contribution in [-0.4, -0.2) is 25.0 Å². The number of rotatable bonds is 4. The Balaban J connectivity index is 2.23. The van der Waals surface area contributed by atoms with Crippen molar-refractivity contribution in [3.8, 4) is 0 Å². The molecule has 0 aromatic heterocycles. The van der Waals surface area contributed by atoms with Crippen molar-refractivity contribution in [2.75, 3.05) is 24.3 Å². The lowest BCUT2D eigenvalue weighted by atomic mass is 9.85. The molecule has 1 aliphatic carbocycles. The molecule has 2 rings (SSSR count). The number of benzene rings is 1. The van der Waals surface area contributed by atoms with E-state index in [4.69, 9.17) is 18.0 Å². The number of nitrogens with one attached hydrogen (secondary N) is 1. The van der Waals surface area contributed by atoms with Crippen molar-refractivity contribution in [2.45, 2.75) is 32.6 Å². The molecular weight excluding hydrogens is 282 g/mol. The number of hydrogen-bond donors (Lipinski definition) is 2. The maximum Gasteiger partial charge on any atom is 0.237 e. The summed E-state index contributed by atoms with van der Waals surface area (Å²) in [6, 6.07) is 5.91. The third-order valence-electron chi connectivity index (χ3n) is 4.31.